The molecule has 1 heterocycles. The molecule has 6 heteroatoms. The van der Waals surface area contributed by atoms with Crippen molar-refractivity contribution in [3.8, 4) is 5.75 Å². The van der Waals surface area contributed by atoms with Crippen LogP contribution >= 0.6 is 11.3 Å². The van der Waals surface area contributed by atoms with E-state index in [1.807, 2.05) is 30.3 Å². The van der Waals surface area contributed by atoms with Crippen LogP contribution in [0.1, 0.15) is 43.5 Å². The van der Waals surface area contributed by atoms with E-state index in [9.17, 15) is 4.79 Å². The summed E-state index contributed by atoms with van der Waals surface area (Å²) >= 11 is 1.46. The van der Waals surface area contributed by atoms with Crippen molar-refractivity contribution in [2.75, 3.05) is 11.9 Å². The third-order valence-corrected chi connectivity index (χ3v) is 5.12. The standard InChI is InChI=1S/C18H23N3O2S/c22-17(14-8-3-1-4-9-14)19-18-21-20-16(24-18)12-7-13-23-15-10-5-2-6-11-15/h2,5-6,10-11,14H,1,3-4,7-9,12-13H2,(H,19,21,22). The number of amides is 1. The third-order valence-electron chi connectivity index (χ3n) is 4.22. The first-order valence-electron chi connectivity index (χ1n) is 8.62. The summed E-state index contributed by atoms with van der Waals surface area (Å²) in [6.45, 7) is 0.646. The van der Waals surface area contributed by atoms with Crippen molar-refractivity contribution in [2.24, 2.45) is 5.92 Å². The summed E-state index contributed by atoms with van der Waals surface area (Å²) in [6.07, 6.45) is 7.23. The van der Waals surface area contributed by atoms with Crippen LogP contribution in [0, 0.1) is 5.92 Å². The van der Waals surface area contributed by atoms with Gasteiger partial charge in [0.25, 0.3) is 0 Å². The fourth-order valence-electron chi connectivity index (χ4n) is 2.91. The molecule has 2 aromatic rings. The van der Waals surface area contributed by atoms with Crippen LogP contribution in [0.25, 0.3) is 0 Å². The van der Waals surface area contributed by atoms with Gasteiger partial charge in [0.1, 0.15) is 10.8 Å². The maximum atomic E-state index is 12.2. The van der Waals surface area contributed by atoms with E-state index in [4.69, 9.17) is 4.74 Å². The molecule has 24 heavy (non-hydrogen) atoms. The number of para-hydroxylation sites is 1. The van der Waals surface area contributed by atoms with Gasteiger partial charge in [-0.3, -0.25) is 4.79 Å². The number of nitrogens with one attached hydrogen (secondary N) is 1. The van der Waals surface area contributed by atoms with Crippen molar-refractivity contribution in [3.63, 3.8) is 0 Å². The zero-order chi connectivity index (χ0) is 16.6. The van der Waals surface area contributed by atoms with Gasteiger partial charge in [-0.05, 0) is 31.4 Å². The molecule has 0 saturated heterocycles. The minimum Gasteiger partial charge on any atom is -0.494 e. The highest BCUT2D eigenvalue weighted by atomic mass is 32.1. The van der Waals surface area contributed by atoms with Gasteiger partial charge < -0.3 is 10.1 Å². The molecule has 0 unspecified atom stereocenters. The number of benzene rings is 1. The Morgan fingerprint density at radius 1 is 1.17 bits per heavy atom. The van der Waals surface area contributed by atoms with E-state index in [1.165, 1.54) is 17.8 Å². The van der Waals surface area contributed by atoms with Gasteiger partial charge >= 0.3 is 0 Å². The molecule has 1 N–H and O–H groups in total. The third kappa shape index (κ3) is 5.03. The van der Waals surface area contributed by atoms with E-state index < -0.39 is 0 Å². The summed E-state index contributed by atoms with van der Waals surface area (Å²) < 4.78 is 5.67. The van der Waals surface area contributed by atoms with E-state index in [0.29, 0.717) is 11.7 Å². The van der Waals surface area contributed by atoms with Gasteiger partial charge in [-0.25, -0.2) is 0 Å². The minimum atomic E-state index is 0.102. The molecule has 0 spiro atoms. The Bertz CT molecular complexity index is 639. The number of aromatic nitrogens is 2. The van der Waals surface area contributed by atoms with Gasteiger partial charge in [-0.2, -0.15) is 0 Å². The zero-order valence-corrected chi connectivity index (χ0v) is 14.6. The van der Waals surface area contributed by atoms with Crippen LogP contribution in [0.5, 0.6) is 5.75 Å². The number of hydrogen-bond donors (Lipinski definition) is 1. The number of carbonyl (C=O) groups excluding carboxylic acids is 1. The van der Waals surface area contributed by atoms with E-state index in [2.05, 4.69) is 15.5 Å². The summed E-state index contributed by atoms with van der Waals surface area (Å²) in [6, 6.07) is 9.79. The molecule has 0 bridgehead atoms. The first-order chi connectivity index (χ1) is 11.8. The van der Waals surface area contributed by atoms with Crippen LogP contribution in [-0.4, -0.2) is 22.7 Å². The summed E-state index contributed by atoms with van der Waals surface area (Å²) in [5.41, 5.74) is 0. The van der Waals surface area contributed by atoms with Gasteiger partial charge in [0, 0.05) is 12.3 Å². The molecule has 1 amide bonds. The average molecular weight is 345 g/mol. The molecule has 1 aliphatic carbocycles. The quantitative estimate of drug-likeness (QED) is 0.768. The Morgan fingerprint density at radius 2 is 1.96 bits per heavy atom. The van der Waals surface area contributed by atoms with Crippen molar-refractivity contribution in [3.05, 3.63) is 35.3 Å². The van der Waals surface area contributed by atoms with E-state index in [-0.39, 0.29) is 11.8 Å². The van der Waals surface area contributed by atoms with Crippen molar-refractivity contribution in [2.45, 2.75) is 44.9 Å². The number of hydrogen-bond acceptors (Lipinski definition) is 5. The van der Waals surface area contributed by atoms with Crippen molar-refractivity contribution in [1.82, 2.24) is 10.2 Å². The molecule has 1 aliphatic rings. The molecular formula is C18H23N3O2S. The lowest BCUT2D eigenvalue weighted by molar-refractivity contribution is -0.120. The summed E-state index contributed by atoms with van der Waals surface area (Å²) in [5, 5.41) is 12.7. The second-order valence-electron chi connectivity index (χ2n) is 6.09. The van der Waals surface area contributed by atoms with Crippen molar-refractivity contribution < 1.29 is 9.53 Å². The van der Waals surface area contributed by atoms with Gasteiger partial charge in [-0.1, -0.05) is 48.8 Å². The topological polar surface area (TPSA) is 64.1 Å². The van der Waals surface area contributed by atoms with Crippen LogP contribution in [0.4, 0.5) is 5.13 Å². The van der Waals surface area contributed by atoms with E-state index in [0.717, 1.165) is 49.3 Å². The Balaban J connectivity index is 1.39. The van der Waals surface area contributed by atoms with Crippen molar-refractivity contribution >= 4 is 22.4 Å². The summed E-state index contributed by atoms with van der Waals surface area (Å²) in [5.74, 6) is 1.13. The highest BCUT2D eigenvalue weighted by molar-refractivity contribution is 7.15. The van der Waals surface area contributed by atoms with Crippen LogP contribution in [0.15, 0.2) is 30.3 Å². The number of rotatable bonds is 7. The number of anilines is 1. The van der Waals surface area contributed by atoms with Gasteiger partial charge in [0.2, 0.25) is 11.0 Å². The molecule has 0 atom stereocenters. The van der Waals surface area contributed by atoms with Gasteiger partial charge in [0.05, 0.1) is 6.61 Å². The van der Waals surface area contributed by atoms with E-state index >= 15 is 0 Å². The van der Waals surface area contributed by atoms with Gasteiger partial charge in [-0.15, -0.1) is 10.2 Å². The SMILES string of the molecule is O=C(Nc1nnc(CCCOc2ccccc2)s1)C1CCCCC1. The summed E-state index contributed by atoms with van der Waals surface area (Å²) in [4.78, 5) is 12.2. The number of carbonyl (C=O) groups is 1. The molecular weight excluding hydrogens is 322 g/mol. The Labute approximate surface area is 146 Å². The number of ether oxygens (including phenoxy) is 1. The van der Waals surface area contributed by atoms with Crippen LogP contribution in [-0.2, 0) is 11.2 Å². The maximum absolute atomic E-state index is 12.2. The highest BCUT2D eigenvalue weighted by Crippen LogP contribution is 2.25. The normalized spacial score (nSPS) is 15.2. The second-order valence-corrected chi connectivity index (χ2v) is 7.15. The van der Waals surface area contributed by atoms with Crippen LogP contribution in [0.2, 0.25) is 0 Å². The molecule has 128 valence electrons. The smallest absolute Gasteiger partial charge is 0.229 e. The highest BCUT2D eigenvalue weighted by Gasteiger charge is 2.22. The first-order valence-corrected chi connectivity index (χ1v) is 9.44. The van der Waals surface area contributed by atoms with Crippen molar-refractivity contribution in [1.29, 1.82) is 0 Å². The largest absolute Gasteiger partial charge is 0.494 e. The fourth-order valence-corrected chi connectivity index (χ4v) is 3.69. The zero-order valence-electron chi connectivity index (χ0n) is 13.7. The average Bonchev–Trinajstić information content (AvgIpc) is 3.08. The summed E-state index contributed by atoms with van der Waals surface area (Å²) in [7, 11) is 0. The molecule has 1 aromatic carbocycles. The van der Waals surface area contributed by atoms with E-state index in [1.54, 1.807) is 0 Å². The molecule has 1 aromatic heterocycles. The second kappa shape index (κ2) is 8.78. The molecule has 1 fully saturated rings. The molecule has 0 aliphatic heterocycles. The predicted octanol–water partition coefficient (Wildman–Crippen LogP) is 4.07. The van der Waals surface area contributed by atoms with Crippen LogP contribution in [0.3, 0.4) is 0 Å². The Kier molecular flexibility index (Phi) is 6.18. The molecule has 5 nitrogen and oxygen atoms in total. The van der Waals surface area contributed by atoms with Crippen LogP contribution < -0.4 is 10.1 Å². The lowest BCUT2D eigenvalue weighted by Crippen LogP contribution is -2.24. The molecule has 0 radical (unpaired) electrons. The Hall–Kier alpha value is -1.95. The number of nitrogens with zero attached hydrogens (tertiary/aromatic N) is 2. The molecule has 3 rings (SSSR count). The Morgan fingerprint density at radius 3 is 2.75 bits per heavy atom. The lowest BCUT2D eigenvalue weighted by Gasteiger charge is -2.19. The first kappa shape index (κ1) is 16.9. The maximum Gasteiger partial charge on any atom is 0.229 e. The van der Waals surface area contributed by atoms with Gasteiger partial charge in [0.15, 0.2) is 0 Å². The minimum absolute atomic E-state index is 0.102. The lowest BCUT2D eigenvalue weighted by atomic mass is 9.89. The predicted molar refractivity (Wildman–Crippen MR) is 95.4 cm³/mol. The fraction of sp³-hybridized carbons (Fsp3) is 0.500. The molecule has 1 saturated carbocycles. The monoisotopic (exact) mass is 345 g/mol. The number of aryl methyl sites for hydroxylation is 1.